The number of carbonyl (C=O) groups is 1. The monoisotopic (exact) mass is 282 g/mol. The van der Waals surface area contributed by atoms with Gasteiger partial charge in [0.2, 0.25) is 0 Å². The fourth-order valence-electron chi connectivity index (χ4n) is 1.80. The van der Waals surface area contributed by atoms with Crippen molar-refractivity contribution in [3.63, 3.8) is 0 Å². The molecule has 5 heteroatoms. The van der Waals surface area contributed by atoms with Gasteiger partial charge < -0.3 is 4.74 Å². The van der Waals surface area contributed by atoms with E-state index in [1.54, 1.807) is 6.92 Å². The van der Waals surface area contributed by atoms with Crippen molar-refractivity contribution >= 4 is 23.3 Å². The van der Waals surface area contributed by atoms with E-state index in [0.29, 0.717) is 17.2 Å². The zero-order valence-electron chi connectivity index (χ0n) is 12.0. The lowest BCUT2D eigenvalue weighted by Gasteiger charge is -2.12. The molecular weight excluding hydrogens is 264 g/mol. The van der Waals surface area contributed by atoms with Crippen molar-refractivity contribution < 1.29 is 9.53 Å². The summed E-state index contributed by atoms with van der Waals surface area (Å²) in [5.74, 6) is -0.460. The Bertz CT molecular complexity index is 510. The summed E-state index contributed by atoms with van der Waals surface area (Å²) in [4.78, 5) is 20.4. The lowest BCUT2D eigenvalue weighted by atomic mass is 10.1. The van der Waals surface area contributed by atoms with Gasteiger partial charge >= 0.3 is 5.97 Å². The number of aliphatic imine (C=N–C) groups is 1. The first-order valence-corrected chi connectivity index (χ1v) is 6.63. The predicted octanol–water partition coefficient (Wildman–Crippen LogP) is 3.44. The summed E-state index contributed by atoms with van der Waals surface area (Å²) in [6.45, 7) is 9.72. The van der Waals surface area contributed by atoms with Gasteiger partial charge in [-0.1, -0.05) is 11.6 Å². The summed E-state index contributed by atoms with van der Waals surface area (Å²) < 4.78 is 4.96. The summed E-state index contributed by atoms with van der Waals surface area (Å²) >= 11 is 6.30. The van der Waals surface area contributed by atoms with Crippen molar-refractivity contribution in [3.8, 4) is 0 Å². The van der Waals surface area contributed by atoms with Gasteiger partial charge in [0, 0.05) is 29.2 Å². The number of esters is 1. The third-order valence-corrected chi connectivity index (χ3v) is 2.91. The maximum Gasteiger partial charge on any atom is 0.341 e. The number of carbonyl (C=O) groups excluding carboxylic acids is 1. The van der Waals surface area contributed by atoms with Crippen molar-refractivity contribution in [2.45, 2.75) is 40.7 Å². The molecular formula is C14H19ClN2O2. The highest BCUT2D eigenvalue weighted by atomic mass is 35.5. The average Bonchev–Trinajstić information content (AvgIpc) is 2.28. The van der Waals surface area contributed by atoms with Crippen LogP contribution < -0.4 is 0 Å². The van der Waals surface area contributed by atoms with E-state index in [1.807, 2.05) is 27.7 Å². The smallest absolute Gasteiger partial charge is 0.341 e. The third kappa shape index (κ3) is 3.77. The number of ether oxygens (including phenoxy) is 1. The maximum absolute atomic E-state index is 11.8. The van der Waals surface area contributed by atoms with Crippen LogP contribution in [0.25, 0.3) is 0 Å². The van der Waals surface area contributed by atoms with Gasteiger partial charge in [0.05, 0.1) is 17.2 Å². The van der Waals surface area contributed by atoms with E-state index in [2.05, 4.69) is 9.98 Å². The highest BCUT2D eigenvalue weighted by Crippen LogP contribution is 2.24. The number of hydrogen-bond donors (Lipinski definition) is 0. The molecule has 0 fully saturated rings. The Labute approximate surface area is 118 Å². The van der Waals surface area contributed by atoms with Crippen molar-refractivity contribution in [1.29, 1.82) is 0 Å². The molecule has 0 aliphatic rings. The number of rotatable bonds is 4. The fourth-order valence-corrected chi connectivity index (χ4v) is 2.20. The first-order chi connectivity index (χ1) is 8.88. The number of pyridine rings is 1. The molecule has 0 saturated heterocycles. The second-order valence-electron chi connectivity index (χ2n) is 4.47. The Kier molecular flexibility index (Phi) is 5.48. The molecule has 1 rings (SSSR count). The number of aryl methyl sites for hydroxylation is 1. The highest BCUT2D eigenvalue weighted by molar-refractivity contribution is 6.37. The SMILES string of the molecule is CCOC(=O)c1cnc(C)c(C(C)=NC(C)C)c1Cl. The molecule has 0 atom stereocenters. The molecule has 0 radical (unpaired) electrons. The van der Waals surface area contributed by atoms with E-state index < -0.39 is 5.97 Å². The van der Waals surface area contributed by atoms with Crippen molar-refractivity contribution in [3.05, 3.63) is 28.0 Å². The fraction of sp³-hybridized carbons (Fsp3) is 0.500. The zero-order valence-corrected chi connectivity index (χ0v) is 12.7. The van der Waals surface area contributed by atoms with Gasteiger partial charge in [-0.15, -0.1) is 0 Å². The summed E-state index contributed by atoms with van der Waals surface area (Å²) in [6.07, 6.45) is 1.45. The molecule has 1 aromatic rings. The van der Waals surface area contributed by atoms with E-state index in [-0.39, 0.29) is 11.6 Å². The van der Waals surface area contributed by atoms with E-state index in [0.717, 1.165) is 11.4 Å². The number of hydrogen-bond acceptors (Lipinski definition) is 4. The van der Waals surface area contributed by atoms with Crippen molar-refractivity contribution in [2.75, 3.05) is 6.61 Å². The summed E-state index contributed by atoms with van der Waals surface area (Å²) in [5.41, 5.74) is 2.51. The second-order valence-corrected chi connectivity index (χ2v) is 4.85. The molecule has 0 aromatic carbocycles. The quantitative estimate of drug-likeness (QED) is 0.628. The Hall–Kier alpha value is -1.42. The van der Waals surface area contributed by atoms with Crippen molar-refractivity contribution in [1.82, 2.24) is 4.98 Å². The molecule has 4 nitrogen and oxygen atoms in total. The number of aromatic nitrogens is 1. The molecule has 0 aliphatic carbocycles. The lowest BCUT2D eigenvalue weighted by Crippen LogP contribution is -2.11. The van der Waals surface area contributed by atoms with Crippen LogP contribution in [0.2, 0.25) is 5.02 Å². The highest BCUT2D eigenvalue weighted by Gasteiger charge is 2.19. The number of nitrogens with zero attached hydrogens (tertiary/aromatic N) is 2. The van der Waals surface area contributed by atoms with Crippen LogP contribution in [-0.4, -0.2) is 29.3 Å². The van der Waals surface area contributed by atoms with Gasteiger partial charge in [-0.05, 0) is 34.6 Å². The molecule has 0 unspecified atom stereocenters. The minimum Gasteiger partial charge on any atom is -0.462 e. The van der Waals surface area contributed by atoms with Crippen LogP contribution in [0.3, 0.4) is 0 Å². The lowest BCUT2D eigenvalue weighted by molar-refractivity contribution is 0.0526. The van der Waals surface area contributed by atoms with Crippen LogP contribution >= 0.6 is 11.6 Å². The maximum atomic E-state index is 11.8. The van der Waals surface area contributed by atoms with Crippen LogP contribution in [0.5, 0.6) is 0 Å². The van der Waals surface area contributed by atoms with Crippen LogP contribution in [-0.2, 0) is 4.74 Å². The standard InChI is InChI=1S/C14H19ClN2O2/c1-6-19-14(18)11-7-16-9(4)12(13(11)15)10(5)17-8(2)3/h7-8H,6H2,1-5H3. The van der Waals surface area contributed by atoms with Gasteiger partial charge in [0.15, 0.2) is 0 Å². The molecule has 0 saturated carbocycles. The molecule has 0 N–H and O–H groups in total. The molecule has 0 aliphatic heterocycles. The minimum absolute atomic E-state index is 0.154. The molecule has 19 heavy (non-hydrogen) atoms. The van der Waals surface area contributed by atoms with E-state index in [1.165, 1.54) is 6.20 Å². The van der Waals surface area contributed by atoms with Crippen LogP contribution in [0.4, 0.5) is 0 Å². The van der Waals surface area contributed by atoms with Crippen LogP contribution in [0.1, 0.15) is 49.3 Å². The Morgan fingerprint density at radius 1 is 1.53 bits per heavy atom. The van der Waals surface area contributed by atoms with Crippen LogP contribution in [0, 0.1) is 6.92 Å². The minimum atomic E-state index is -0.460. The average molecular weight is 283 g/mol. The molecule has 1 aromatic heterocycles. The van der Waals surface area contributed by atoms with Gasteiger partial charge in [-0.25, -0.2) is 4.79 Å². The van der Waals surface area contributed by atoms with Crippen molar-refractivity contribution in [2.24, 2.45) is 4.99 Å². The Balaban J connectivity index is 3.33. The largest absolute Gasteiger partial charge is 0.462 e. The summed E-state index contributed by atoms with van der Waals surface area (Å²) in [7, 11) is 0. The van der Waals surface area contributed by atoms with E-state index in [9.17, 15) is 4.79 Å². The van der Waals surface area contributed by atoms with E-state index in [4.69, 9.17) is 16.3 Å². The second kappa shape index (κ2) is 6.66. The Morgan fingerprint density at radius 2 is 2.16 bits per heavy atom. The molecule has 104 valence electrons. The van der Waals surface area contributed by atoms with E-state index >= 15 is 0 Å². The summed E-state index contributed by atoms with van der Waals surface area (Å²) in [5, 5.41) is 0.354. The first kappa shape index (κ1) is 15.6. The first-order valence-electron chi connectivity index (χ1n) is 6.25. The third-order valence-electron chi connectivity index (χ3n) is 2.51. The normalized spacial score (nSPS) is 11.8. The van der Waals surface area contributed by atoms with Gasteiger partial charge in [0.1, 0.15) is 0 Å². The summed E-state index contributed by atoms with van der Waals surface area (Å²) in [6, 6.07) is 0.154. The Morgan fingerprint density at radius 3 is 2.68 bits per heavy atom. The topological polar surface area (TPSA) is 51.5 Å². The molecule has 0 spiro atoms. The van der Waals surface area contributed by atoms with Crippen LogP contribution in [0.15, 0.2) is 11.2 Å². The zero-order chi connectivity index (χ0) is 14.6. The molecule has 0 amide bonds. The molecule has 1 heterocycles. The van der Waals surface area contributed by atoms with Gasteiger partial charge in [0.25, 0.3) is 0 Å². The van der Waals surface area contributed by atoms with Gasteiger partial charge in [-0.3, -0.25) is 9.98 Å². The number of halogens is 1. The predicted molar refractivity (Wildman–Crippen MR) is 77.3 cm³/mol. The van der Waals surface area contributed by atoms with Gasteiger partial charge in [-0.2, -0.15) is 0 Å². The molecule has 0 bridgehead atoms.